The van der Waals surface area contributed by atoms with E-state index in [0.29, 0.717) is 23.8 Å². The molecular weight excluding hydrogens is 434 g/mol. The van der Waals surface area contributed by atoms with Crippen LogP contribution in [-0.2, 0) is 12.8 Å². The van der Waals surface area contributed by atoms with E-state index in [1.807, 2.05) is 0 Å². The number of rotatable bonds is 7. The number of ether oxygens (including phenoxy) is 1. The fourth-order valence-electron chi connectivity index (χ4n) is 2.49. The summed E-state index contributed by atoms with van der Waals surface area (Å²) in [6.07, 6.45) is -4.35. The minimum atomic E-state index is -4.35. The molecule has 2 nitrogen and oxygen atoms in total. The summed E-state index contributed by atoms with van der Waals surface area (Å²) in [5.74, 6) is 0.955. The summed E-state index contributed by atoms with van der Waals surface area (Å²) >= 11 is 18.3. The van der Waals surface area contributed by atoms with Gasteiger partial charge in [-0.15, -0.1) is 0 Å². The summed E-state index contributed by atoms with van der Waals surface area (Å²) < 4.78 is 41.9. The average Bonchev–Trinajstić information content (AvgIpc) is 2.59. The molecule has 2 rings (SSSR count). The van der Waals surface area contributed by atoms with E-state index < -0.39 is 21.6 Å². The van der Waals surface area contributed by atoms with Crippen LogP contribution < -0.4 is 10.1 Å². The molecular formula is C20H21Cl3F3NO. The van der Waals surface area contributed by atoms with Gasteiger partial charge in [-0.25, -0.2) is 0 Å². The number of hydrogen-bond donors (Lipinski definition) is 1. The second-order valence-electron chi connectivity index (χ2n) is 6.83. The topological polar surface area (TPSA) is 21.3 Å². The van der Waals surface area contributed by atoms with Gasteiger partial charge in [0.15, 0.2) is 0 Å². The van der Waals surface area contributed by atoms with Crippen LogP contribution in [0.1, 0.15) is 36.6 Å². The van der Waals surface area contributed by atoms with Crippen molar-refractivity contribution in [3.63, 3.8) is 0 Å². The maximum atomic E-state index is 12.6. The SMILES string of the molecule is CC(C)CNC(c1ccc(OCc2ccc(C(F)(F)F)cc2)cc1)C(Cl)(Cl)Cl. The van der Waals surface area contributed by atoms with Gasteiger partial charge in [0.05, 0.1) is 11.6 Å². The molecule has 0 saturated heterocycles. The Labute approximate surface area is 177 Å². The van der Waals surface area contributed by atoms with Crippen molar-refractivity contribution in [3.8, 4) is 5.75 Å². The molecule has 1 unspecified atom stereocenters. The molecule has 0 spiro atoms. The van der Waals surface area contributed by atoms with Crippen LogP contribution in [0.5, 0.6) is 5.75 Å². The number of nitrogens with one attached hydrogen (secondary N) is 1. The molecule has 0 amide bonds. The zero-order chi connectivity index (χ0) is 20.9. The van der Waals surface area contributed by atoms with Gasteiger partial charge in [0.2, 0.25) is 3.79 Å². The van der Waals surface area contributed by atoms with Crippen molar-refractivity contribution >= 4 is 34.8 Å². The molecule has 154 valence electrons. The van der Waals surface area contributed by atoms with Crippen LogP contribution in [-0.4, -0.2) is 10.3 Å². The van der Waals surface area contributed by atoms with E-state index in [2.05, 4.69) is 19.2 Å². The minimum absolute atomic E-state index is 0.150. The monoisotopic (exact) mass is 453 g/mol. The standard InChI is InChI=1S/C20H21Cl3F3NO/c1-13(2)11-27-18(19(21,22)23)15-5-9-17(10-6-15)28-12-14-3-7-16(8-4-14)20(24,25)26/h3-10,13,18,27H,11-12H2,1-2H3. The molecule has 0 fully saturated rings. The fourth-order valence-corrected chi connectivity index (χ4v) is 3.10. The van der Waals surface area contributed by atoms with Gasteiger partial charge in [0, 0.05) is 0 Å². The lowest BCUT2D eigenvalue weighted by Gasteiger charge is -2.27. The molecule has 0 heterocycles. The lowest BCUT2D eigenvalue weighted by Crippen LogP contribution is -2.34. The molecule has 2 aromatic carbocycles. The van der Waals surface area contributed by atoms with Crippen molar-refractivity contribution in [2.45, 2.75) is 36.5 Å². The van der Waals surface area contributed by atoms with Crippen LogP contribution in [0.2, 0.25) is 0 Å². The quantitative estimate of drug-likeness (QED) is 0.457. The Kier molecular flexibility index (Phi) is 7.91. The molecule has 8 heteroatoms. The summed E-state index contributed by atoms with van der Waals surface area (Å²) in [7, 11) is 0. The lowest BCUT2D eigenvalue weighted by molar-refractivity contribution is -0.137. The predicted molar refractivity (Wildman–Crippen MR) is 108 cm³/mol. The smallest absolute Gasteiger partial charge is 0.416 e. The molecule has 0 saturated carbocycles. The number of hydrogen-bond acceptors (Lipinski definition) is 2. The Morgan fingerprint density at radius 3 is 1.96 bits per heavy atom. The Hall–Kier alpha value is -1.14. The first-order valence-electron chi connectivity index (χ1n) is 8.66. The van der Waals surface area contributed by atoms with Crippen molar-refractivity contribution in [2.75, 3.05) is 6.54 Å². The first kappa shape index (κ1) is 23.1. The van der Waals surface area contributed by atoms with E-state index in [1.165, 1.54) is 12.1 Å². The van der Waals surface area contributed by atoms with Gasteiger partial charge >= 0.3 is 6.18 Å². The van der Waals surface area contributed by atoms with E-state index in [9.17, 15) is 13.2 Å². The van der Waals surface area contributed by atoms with Crippen molar-refractivity contribution in [1.29, 1.82) is 0 Å². The van der Waals surface area contributed by atoms with E-state index in [1.54, 1.807) is 24.3 Å². The highest BCUT2D eigenvalue weighted by Gasteiger charge is 2.33. The van der Waals surface area contributed by atoms with E-state index in [0.717, 1.165) is 17.7 Å². The molecule has 0 aliphatic carbocycles. The molecule has 0 radical (unpaired) electrons. The van der Waals surface area contributed by atoms with Gasteiger partial charge in [0.25, 0.3) is 0 Å². The molecule has 0 aliphatic heterocycles. The third-order valence-electron chi connectivity index (χ3n) is 3.96. The van der Waals surface area contributed by atoms with Crippen molar-refractivity contribution in [1.82, 2.24) is 5.32 Å². The molecule has 28 heavy (non-hydrogen) atoms. The third-order valence-corrected chi connectivity index (χ3v) is 4.61. The lowest BCUT2D eigenvalue weighted by atomic mass is 10.1. The van der Waals surface area contributed by atoms with Gasteiger partial charge < -0.3 is 10.1 Å². The summed E-state index contributed by atoms with van der Waals surface area (Å²) in [5.41, 5.74) is 0.740. The summed E-state index contributed by atoms with van der Waals surface area (Å²) in [5, 5.41) is 3.24. The van der Waals surface area contributed by atoms with Crippen molar-refractivity contribution in [3.05, 3.63) is 65.2 Å². The van der Waals surface area contributed by atoms with Gasteiger partial charge in [-0.05, 0) is 47.9 Å². The summed E-state index contributed by atoms with van der Waals surface area (Å²) in [6, 6.07) is 11.4. The summed E-state index contributed by atoms with van der Waals surface area (Å²) in [6.45, 7) is 4.95. The molecule has 0 aromatic heterocycles. The normalized spacial score (nSPS) is 13.6. The van der Waals surface area contributed by atoms with Crippen LogP contribution in [0, 0.1) is 5.92 Å². The Balaban J connectivity index is 2.01. The van der Waals surface area contributed by atoms with Gasteiger partial charge in [0.1, 0.15) is 12.4 Å². The van der Waals surface area contributed by atoms with E-state index in [-0.39, 0.29) is 6.61 Å². The second-order valence-corrected chi connectivity index (χ2v) is 9.20. The van der Waals surface area contributed by atoms with Crippen LogP contribution in [0.15, 0.2) is 48.5 Å². The zero-order valence-corrected chi connectivity index (χ0v) is 17.6. The van der Waals surface area contributed by atoms with Crippen LogP contribution in [0.3, 0.4) is 0 Å². The van der Waals surface area contributed by atoms with Crippen LogP contribution in [0.25, 0.3) is 0 Å². The predicted octanol–water partition coefficient (Wildman–Crippen LogP) is 6.94. The number of alkyl halides is 6. The fraction of sp³-hybridized carbons (Fsp3) is 0.400. The van der Waals surface area contributed by atoms with Crippen molar-refractivity contribution in [2.24, 2.45) is 5.92 Å². The molecule has 1 N–H and O–H groups in total. The zero-order valence-electron chi connectivity index (χ0n) is 15.4. The molecule has 0 aliphatic rings. The maximum Gasteiger partial charge on any atom is 0.416 e. The molecule has 0 bridgehead atoms. The summed E-state index contributed by atoms with van der Waals surface area (Å²) in [4.78, 5) is 0. The van der Waals surface area contributed by atoms with Crippen LogP contribution in [0.4, 0.5) is 13.2 Å². The first-order valence-corrected chi connectivity index (χ1v) is 9.79. The van der Waals surface area contributed by atoms with Gasteiger partial charge in [-0.1, -0.05) is 72.9 Å². The third kappa shape index (κ3) is 7.03. The maximum absolute atomic E-state index is 12.6. The highest BCUT2D eigenvalue weighted by molar-refractivity contribution is 6.68. The van der Waals surface area contributed by atoms with E-state index >= 15 is 0 Å². The molecule has 1 atom stereocenters. The average molecular weight is 455 g/mol. The Bertz CT molecular complexity index is 741. The molecule has 2 aromatic rings. The Morgan fingerprint density at radius 2 is 1.50 bits per heavy atom. The highest BCUT2D eigenvalue weighted by Crippen LogP contribution is 2.40. The largest absolute Gasteiger partial charge is 0.489 e. The number of benzene rings is 2. The minimum Gasteiger partial charge on any atom is -0.489 e. The van der Waals surface area contributed by atoms with E-state index in [4.69, 9.17) is 39.5 Å². The van der Waals surface area contributed by atoms with Gasteiger partial charge in [-0.2, -0.15) is 13.2 Å². The number of halogens is 6. The second kappa shape index (κ2) is 9.57. The Morgan fingerprint density at radius 1 is 0.929 bits per heavy atom. The first-order chi connectivity index (χ1) is 13.0. The van der Waals surface area contributed by atoms with Crippen LogP contribution >= 0.6 is 34.8 Å². The highest BCUT2D eigenvalue weighted by atomic mass is 35.6. The van der Waals surface area contributed by atoms with Crippen molar-refractivity contribution < 1.29 is 17.9 Å². The van der Waals surface area contributed by atoms with Gasteiger partial charge in [-0.3, -0.25) is 0 Å².